The van der Waals surface area contributed by atoms with Crippen molar-refractivity contribution in [3.05, 3.63) is 29.8 Å². The fourth-order valence-corrected chi connectivity index (χ4v) is 1.66. The van der Waals surface area contributed by atoms with Crippen LogP contribution in [0.15, 0.2) is 24.3 Å². The van der Waals surface area contributed by atoms with E-state index in [0.29, 0.717) is 5.56 Å². The standard InChI is InChI=1S/C11H12BNO2/c12-11(14)9-1-3-10(4-2-9)13-5-7-15-8-6-13/h1-4H,5-8H2. The van der Waals surface area contributed by atoms with E-state index >= 15 is 0 Å². The SMILES string of the molecule is [B]C(=O)c1ccc(N2CCOCC2)cc1. The second-order valence-corrected chi connectivity index (χ2v) is 3.51. The first-order valence-corrected chi connectivity index (χ1v) is 5.00. The fraction of sp³-hybridized carbons (Fsp3) is 0.364. The lowest BCUT2D eigenvalue weighted by atomic mass is 9.95. The Bertz CT molecular complexity index is 344. The number of rotatable bonds is 2. The summed E-state index contributed by atoms with van der Waals surface area (Å²) >= 11 is 0. The number of morpholine rings is 1. The zero-order chi connectivity index (χ0) is 10.7. The van der Waals surface area contributed by atoms with Crippen molar-refractivity contribution in [2.24, 2.45) is 0 Å². The molecule has 1 fully saturated rings. The van der Waals surface area contributed by atoms with Crippen LogP contribution in [0.5, 0.6) is 0 Å². The van der Waals surface area contributed by atoms with E-state index in [1.165, 1.54) is 0 Å². The molecular formula is C11H12BNO2. The smallest absolute Gasteiger partial charge is 0.175 e. The highest BCUT2D eigenvalue weighted by Gasteiger charge is 2.10. The van der Waals surface area contributed by atoms with E-state index in [4.69, 9.17) is 12.6 Å². The third-order valence-corrected chi connectivity index (χ3v) is 2.53. The topological polar surface area (TPSA) is 29.5 Å². The Labute approximate surface area is 90.4 Å². The lowest BCUT2D eigenvalue weighted by Crippen LogP contribution is -2.36. The summed E-state index contributed by atoms with van der Waals surface area (Å²) in [7, 11) is 5.17. The molecule has 0 saturated carbocycles. The second-order valence-electron chi connectivity index (χ2n) is 3.51. The van der Waals surface area contributed by atoms with Crippen LogP contribution in [0.25, 0.3) is 0 Å². The van der Waals surface area contributed by atoms with Crippen LogP contribution in [0.2, 0.25) is 0 Å². The number of nitrogens with zero attached hydrogens (tertiary/aromatic N) is 1. The van der Waals surface area contributed by atoms with E-state index in [9.17, 15) is 4.79 Å². The Morgan fingerprint density at radius 3 is 2.33 bits per heavy atom. The number of hydrogen-bond donors (Lipinski definition) is 0. The lowest BCUT2D eigenvalue weighted by molar-refractivity contribution is 0.108. The molecule has 0 spiro atoms. The third kappa shape index (κ3) is 2.39. The van der Waals surface area contributed by atoms with Gasteiger partial charge in [-0.3, -0.25) is 0 Å². The first-order chi connectivity index (χ1) is 7.27. The van der Waals surface area contributed by atoms with Crippen LogP contribution < -0.4 is 4.90 Å². The van der Waals surface area contributed by atoms with Gasteiger partial charge < -0.3 is 14.4 Å². The predicted molar refractivity (Wildman–Crippen MR) is 59.6 cm³/mol. The number of hydrogen-bond acceptors (Lipinski definition) is 3. The molecule has 0 aromatic heterocycles. The zero-order valence-electron chi connectivity index (χ0n) is 8.48. The molecule has 0 aliphatic carbocycles. The molecule has 1 aliphatic heterocycles. The van der Waals surface area contributed by atoms with E-state index in [1.54, 1.807) is 12.1 Å². The molecule has 1 aromatic carbocycles. The van der Waals surface area contributed by atoms with Crippen LogP contribution >= 0.6 is 0 Å². The number of anilines is 1. The normalized spacial score (nSPS) is 16.4. The first kappa shape index (κ1) is 10.2. The largest absolute Gasteiger partial charge is 0.378 e. The summed E-state index contributed by atoms with van der Waals surface area (Å²) < 4.78 is 5.27. The van der Waals surface area contributed by atoms with Gasteiger partial charge in [0.05, 0.1) is 13.2 Å². The number of carbonyl (C=O) groups is 1. The maximum atomic E-state index is 10.9. The minimum absolute atomic E-state index is 0.386. The second kappa shape index (κ2) is 4.49. The van der Waals surface area contributed by atoms with Crippen LogP contribution in [0.1, 0.15) is 10.4 Å². The van der Waals surface area contributed by atoms with Gasteiger partial charge in [0.1, 0.15) is 5.68 Å². The van der Waals surface area contributed by atoms with Gasteiger partial charge in [0.25, 0.3) is 0 Å². The summed E-state index contributed by atoms with van der Waals surface area (Å²) in [6.45, 7) is 3.32. The van der Waals surface area contributed by atoms with Crippen LogP contribution in [0.4, 0.5) is 5.69 Å². The van der Waals surface area contributed by atoms with Crippen molar-refractivity contribution in [3.63, 3.8) is 0 Å². The quantitative estimate of drug-likeness (QED) is 0.663. The average Bonchev–Trinajstić information content (AvgIpc) is 2.30. The third-order valence-electron chi connectivity index (χ3n) is 2.53. The molecule has 2 rings (SSSR count). The van der Waals surface area contributed by atoms with Gasteiger partial charge in [-0.25, -0.2) is 0 Å². The molecule has 0 unspecified atom stereocenters. The summed E-state index contributed by atoms with van der Waals surface area (Å²) in [5, 5.41) is 0. The van der Waals surface area contributed by atoms with Crippen molar-refractivity contribution < 1.29 is 9.53 Å². The highest BCUT2D eigenvalue weighted by atomic mass is 16.5. The number of benzene rings is 1. The zero-order valence-corrected chi connectivity index (χ0v) is 8.48. The summed E-state index contributed by atoms with van der Waals surface area (Å²) in [4.78, 5) is 13.1. The van der Waals surface area contributed by atoms with Crippen LogP contribution in [0, 0.1) is 0 Å². The van der Waals surface area contributed by atoms with E-state index in [-0.39, 0.29) is 5.68 Å². The van der Waals surface area contributed by atoms with Gasteiger partial charge in [-0.05, 0) is 12.1 Å². The maximum absolute atomic E-state index is 10.9. The van der Waals surface area contributed by atoms with E-state index in [0.717, 1.165) is 32.0 Å². The Morgan fingerprint density at radius 2 is 1.80 bits per heavy atom. The van der Waals surface area contributed by atoms with E-state index in [1.807, 2.05) is 12.1 Å². The van der Waals surface area contributed by atoms with Crippen molar-refractivity contribution in [1.29, 1.82) is 0 Å². The minimum Gasteiger partial charge on any atom is -0.378 e. The molecule has 15 heavy (non-hydrogen) atoms. The Hall–Kier alpha value is -1.29. The molecule has 1 heterocycles. The minimum atomic E-state index is -0.386. The van der Waals surface area contributed by atoms with Crippen molar-refractivity contribution in [2.75, 3.05) is 31.2 Å². The van der Waals surface area contributed by atoms with Crippen molar-refractivity contribution in [1.82, 2.24) is 0 Å². The van der Waals surface area contributed by atoms with Gasteiger partial charge in [0.15, 0.2) is 7.85 Å². The number of carbonyl (C=O) groups excluding carboxylic acids is 1. The summed E-state index contributed by atoms with van der Waals surface area (Å²) in [5.74, 6) is 0. The van der Waals surface area contributed by atoms with Crippen LogP contribution in [-0.2, 0) is 4.74 Å². The van der Waals surface area contributed by atoms with Crippen molar-refractivity contribution in [3.8, 4) is 0 Å². The van der Waals surface area contributed by atoms with Gasteiger partial charge in [-0.2, -0.15) is 0 Å². The summed E-state index contributed by atoms with van der Waals surface area (Å²) in [6, 6.07) is 7.36. The number of ether oxygens (including phenoxy) is 1. The van der Waals surface area contributed by atoms with E-state index < -0.39 is 0 Å². The van der Waals surface area contributed by atoms with Gasteiger partial charge in [-0.15, -0.1) is 0 Å². The molecule has 1 saturated heterocycles. The fourth-order valence-electron chi connectivity index (χ4n) is 1.66. The average molecular weight is 201 g/mol. The lowest BCUT2D eigenvalue weighted by Gasteiger charge is -2.28. The Balaban J connectivity index is 2.11. The Morgan fingerprint density at radius 1 is 1.20 bits per heavy atom. The molecular weight excluding hydrogens is 189 g/mol. The molecule has 4 heteroatoms. The molecule has 1 aliphatic rings. The molecule has 0 bridgehead atoms. The molecule has 76 valence electrons. The molecule has 0 N–H and O–H groups in total. The monoisotopic (exact) mass is 201 g/mol. The van der Waals surface area contributed by atoms with Crippen LogP contribution in [-0.4, -0.2) is 39.8 Å². The summed E-state index contributed by atoms with van der Waals surface area (Å²) in [5.41, 5.74) is 1.28. The summed E-state index contributed by atoms with van der Waals surface area (Å²) in [6.07, 6.45) is 0. The van der Waals surface area contributed by atoms with Crippen molar-refractivity contribution >= 4 is 19.2 Å². The molecule has 2 radical (unpaired) electrons. The predicted octanol–water partition coefficient (Wildman–Crippen LogP) is 0.832. The van der Waals surface area contributed by atoms with Crippen LogP contribution in [0.3, 0.4) is 0 Å². The van der Waals surface area contributed by atoms with Gasteiger partial charge in [0, 0.05) is 24.3 Å². The van der Waals surface area contributed by atoms with Gasteiger partial charge in [-0.1, -0.05) is 12.1 Å². The molecule has 1 aromatic rings. The van der Waals surface area contributed by atoms with Gasteiger partial charge >= 0.3 is 0 Å². The van der Waals surface area contributed by atoms with Crippen molar-refractivity contribution in [2.45, 2.75) is 0 Å². The molecule has 0 amide bonds. The van der Waals surface area contributed by atoms with E-state index in [2.05, 4.69) is 4.90 Å². The highest BCUT2D eigenvalue weighted by molar-refractivity contribution is 6.62. The highest BCUT2D eigenvalue weighted by Crippen LogP contribution is 2.16. The molecule has 0 atom stereocenters. The molecule has 3 nitrogen and oxygen atoms in total. The first-order valence-electron chi connectivity index (χ1n) is 5.00. The van der Waals surface area contributed by atoms with Gasteiger partial charge in [0.2, 0.25) is 0 Å². The maximum Gasteiger partial charge on any atom is 0.175 e. The Kier molecular flexibility index (Phi) is 3.06.